The van der Waals surface area contributed by atoms with Crippen LogP contribution in [0.25, 0.3) is 0 Å². The predicted octanol–water partition coefficient (Wildman–Crippen LogP) is 16.7. The first-order valence-electron chi connectivity index (χ1n) is 32.7. The van der Waals surface area contributed by atoms with E-state index in [0.717, 1.165) is 100 Å². The Morgan fingerprint density at radius 1 is 0.284 bits per heavy atom. The molecule has 0 N–H and O–H groups in total. The van der Waals surface area contributed by atoms with Crippen molar-refractivity contribution in [2.24, 2.45) is 21.7 Å². The Morgan fingerprint density at radius 3 is 0.602 bits per heavy atom. The molecule has 6 nitrogen and oxygen atoms in total. The van der Waals surface area contributed by atoms with E-state index in [4.69, 9.17) is 9.47 Å². The van der Waals surface area contributed by atoms with Crippen LogP contribution in [0.5, 0.6) is 0 Å². The Morgan fingerprint density at radius 2 is 0.443 bits per heavy atom. The normalized spacial score (nSPS) is 30.0. The van der Waals surface area contributed by atoms with Gasteiger partial charge in [0.05, 0.1) is 0 Å². The number of carbonyl (C=O) groups excluding carboxylic acids is 4. The van der Waals surface area contributed by atoms with Crippen molar-refractivity contribution >= 4 is 40.0 Å². The number of hydrogen-bond donors (Lipinski definition) is 0. The third kappa shape index (κ3) is 5.49. The first kappa shape index (κ1) is 54.5. The summed E-state index contributed by atoms with van der Waals surface area (Å²) >= 11 is 0. The lowest BCUT2D eigenvalue weighted by molar-refractivity contribution is -0.157. The molecule has 0 radical (unpaired) electrons. The fourth-order valence-corrected chi connectivity index (χ4v) is 34.0. The molecule has 0 amide bonds. The highest BCUT2D eigenvalue weighted by molar-refractivity contribution is 6.91. The summed E-state index contributed by atoms with van der Waals surface area (Å²) in [4.78, 5) is 67.1. The lowest BCUT2D eigenvalue weighted by Crippen LogP contribution is -2.69. The third-order valence-corrected chi connectivity index (χ3v) is 38.4. The molecule has 88 heavy (non-hydrogen) atoms. The summed E-state index contributed by atoms with van der Waals surface area (Å²) in [5, 5.41) is 0. The molecule has 0 saturated carbocycles. The van der Waals surface area contributed by atoms with Gasteiger partial charge in [0.2, 0.25) is 0 Å². The molecule has 21 rings (SSSR count). The zero-order valence-electron chi connectivity index (χ0n) is 52.4. The average Bonchev–Trinajstić information content (AvgIpc) is 1.15. The highest BCUT2D eigenvalue weighted by Crippen LogP contribution is 2.89. The maximum absolute atomic E-state index is 16.8. The van der Waals surface area contributed by atoms with Gasteiger partial charge in [0, 0.05) is 58.5 Å². The van der Waals surface area contributed by atoms with E-state index in [-0.39, 0.29) is 33.2 Å². The van der Waals surface area contributed by atoms with Gasteiger partial charge in [0.15, 0.2) is 0 Å². The van der Waals surface area contributed by atoms with E-state index in [1.54, 1.807) is 0 Å². The Balaban J connectivity index is 1.15. The van der Waals surface area contributed by atoms with Crippen molar-refractivity contribution in [1.82, 2.24) is 0 Å². The first-order valence-corrected chi connectivity index (χ1v) is 37.1. The summed E-state index contributed by atoms with van der Waals surface area (Å²) in [6.45, 7) is 28.3. The monoisotopic (exact) mass is 1190 g/mol. The van der Waals surface area contributed by atoms with Crippen molar-refractivity contribution in [3.05, 3.63) is 246 Å². The van der Waals surface area contributed by atoms with Crippen molar-refractivity contribution in [2.75, 3.05) is 0 Å². The number of rotatable bonds is 6. The van der Waals surface area contributed by atoms with E-state index in [1.807, 2.05) is 0 Å². The van der Waals surface area contributed by atoms with Gasteiger partial charge in [-0.05, 0) is 122 Å². The molecule has 2 heterocycles. The fourth-order valence-electron chi connectivity index (χ4n) is 23.6. The van der Waals surface area contributed by atoms with E-state index in [1.165, 1.54) is 0 Å². The largest absolute Gasteiger partial charge is 0.392 e. The molecule has 7 aromatic rings. The van der Waals surface area contributed by atoms with Crippen LogP contribution in [-0.2, 0) is 28.7 Å². The summed E-state index contributed by atoms with van der Waals surface area (Å²) in [6, 6.07) is 51.6. The third-order valence-electron chi connectivity index (χ3n) is 25.8. The second-order valence-electron chi connectivity index (χ2n) is 29.8. The molecule has 0 unspecified atom stereocenters. The smallest absolute Gasteiger partial charge is 0.322 e. The minimum Gasteiger partial charge on any atom is -0.392 e. The maximum atomic E-state index is 16.8. The number of carbonyl (C=O) groups is 4. The molecule has 8 atom stereocenters. The van der Waals surface area contributed by atoms with Crippen LogP contribution in [0, 0.1) is 44.6 Å². The Labute approximate surface area is 519 Å². The van der Waals surface area contributed by atoms with Crippen LogP contribution < -0.4 is 0 Å². The minimum atomic E-state index is -2.65. The lowest BCUT2D eigenvalue weighted by Gasteiger charge is -2.70. The molecule has 438 valence electrons. The van der Waals surface area contributed by atoms with Gasteiger partial charge >= 0.3 is 23.9 Å². The zero-order valence-corrected chi connectivity index (χ0v) is 54.4. The van der Waals surface area contributed by atoms with Gasteiger partial charge in [-0.3, -0.25) is 19.2 Å². The zero-order chi connectivity index (χ0) is 61.0. The molecule has 8 bridgehead atoms. The maximum Gasteiger partial charge on any atom is 0.322 e. The second kappa shape index (κ2) is 17.6. The molecular weight excluding hydrogens is 1110 g/mol. The molecule has 12 aliphatic carbocycles. The van der Waals surface area contributed by atoms with Crippen LogP contribution in [0.3, 0.4) is 0 Å². The van der Waals surface area contributed by atoms with Gasteiger partial charge in [0.1, 0.15) is 37.8 Å². The molecule has 0 spiro atoms. The van der Waals surface area contributed by atoms with Crippen molar-refractivity contribution in [1.29, 1.82) is 0 Å². The first-order chi connectivity index (χ1) is 42.3. The van der Waals surface area contributed by atoms with Crippen molar-refractivity contribution < 1.29 is 28.7 Å². The Bertz CT molecular complexity index is 3890. The van der Waals surface area contributed by atoms with E-state index in [2.05, 4.69) is 252 Å². The van der Waals surface area contributed by atoms with Gasteiger partial charge in [-0.1, -0.05) is 241 Å². The van der Waals surface area contributed by atoms with Crippen LogP contribution in [0.15, 0.2) is 146 Å². The summed E-state index contributed by atoms with van der Waals surface area (Å²) in [7, 11) is -5.29. The quantitative estimate of drug-likeness (QED) is 0.0714. The summed E-state index contributed by atoms with van der Waals surface area (Å²) in [5.74, 6) is 1.38. The van der Waals surface area contributed by atoms with E-state index in [9.17, 15) is 0 Å². The van der Waals surface area contributed by atoms with Crippen LogP contribution in [0.2, 0.25) is 33.2 Å². The number of ether oxygens (including phenoxy) is 2. The summed E-state index contributed by atoms with van der Waals surface area (Å²) in [5.41, 5.74) is 22.3. The molecular formula is C80H74O6Si2. The standard InChI is InChI=1S/C80H74O6Si2/c1-41(2)87(42(3)4,43(5)6)39-37-59-61-63(71-57-35-23-21-33-55(57)69(61)77-65-47-25-13-17-29-51(47)67(52-30-18-14-26-48(52)65)79(71,77)75(83)85-73(77)81)60(38-40-88(44(7)8,45(9)10)46(11)12)64-62(59)70-56-34-22-24-36-58(56)72(64)80-68-53-31-19-15-27-49(53)66(50-28-16-20-32-54(50)68)78(70,80)74(82)86-76(80)84/h13-36,41-46,65-72H,1-12H3/t65?,66?,67?,68?,69-,70-,71+,72+,77+,78+,79-,80-. The van der Waals surface area contributed by atoms with Crippen molar-refractivity contribution in [3.63, 3.8) is 0 Å². The summed E-state index contributed by atoms with van der Waals surface area (Å²) in [6.07, 6.45) is 0. The van der Waals surface area contributed by atoms with Gasteiger partial charge in [-0.25, -0.2) is 0 Å². The van der Waals surface area contributed by atoms with E-state index in [0.29, 0.717) is 0 Å². The van der Waals surface area contributed by atoms with Gasteiger partial charge in [-0.2, -0.15) is 0 Å². The van der Waals surface area contributed by atoms with Crippen molar-refractivity contribution in [3.8, 4) is 22.9 Å². The second-order valence-corrected chi connectivity index (χ2v) is 40.9. The Hall–Kier alpha value is -7.63. The van der Waals surface area contributed by atoms with Crippen LogP contribution in [0.1, 0.15) is 231 Å². The number of esters is 4. The topological polar surface area (TPSA) is 86.7 Å². The minimum absolute atomic E-state index is 0.263. The van der Waals surface area contributed by atoms with E-state index < -0.39 is 109 Å². The lowest BCUT2D eigenvalue weighted by atomic mass is 9.27. The molecule has 14 aliphatic rings. The molecule has 8 heteroatoms. The SMILES string of the molecule is CC(C)[Si](C#Cc1c2c(c(C#C[Si](C(C)C)(C(C)C)C(C)C)c3c1[C@H]1c4ccccc4[C@@H]3[C@]34C(=O)OC(=O)[C@]13C1c3ccccc3C4c3ccccc31)[C@@H]1c3ccccc3[C@H]2[C@@]23C(=O)OC(=O)[C@@]12C1c2ccccc2C3c2ccccc21)(C(C)C)C(C)C. The Kier molecular flexibility index (Phi) is 10.9. The number of hydrogen-bond acceptors (Lipinski definition) is 6. The molecule has 2 aliphatic heterocycles. The predicted molar refractivity (Wildman–Crippen MR) is 348 cm³/mol. The molecule has 2 fully saturated rings. The van der Waals surface area contributed by atoms with Crippen molar-refractivity contribution in [2.45, 2.75) is 164 Å². The van der Waals surface area contributed by atoms with Gasteiger partial charge < -0.3 is 9.47 Å². The highest BCUT2D eigenvalue weighted by Gasteiger charge is 2.90. The van der Waals surface area contributed by atoms with Crippen LogP contribution >= 0.6 is 0 Å². The van der Waals surface area contributed by atoms with Crippen LogP contribution in [-0.4, -0.2) is 40.0 Å². The van der Waals surface area contributed by atoms with E-state index >= 15 is 19.2 Å². The molecule has 0 aromatic heterocycles. The number of cyclic esters (lactones) is 4. The molecule has 2 saturated heterocycles. The number of benzene rings is 7. The van der Waals surface area contributed by atoms with Crippen LogP contribution in [0.4, 0.5) is 0 Å². The fraction of sp³-hybridized carbons (Fsp3) is 0.375. The summed E-state index contributed by atoms with van der Waals surface area (Å²) < 4.78 is 13.4. The average molecular weight is 1190 g/mol. The van der Waals surface area contributed by atoms with Gasteiger partial charge in [-0.15, -0.1) is 11.1 Å². The molecule has 7 aromatic carbocycles. The highest BCUT2D eigenvalue weighted by atomic mass is 28.3. The van der Waals surface area contributed by atoms with Gasteiger partial charge in [0.25, 0.3) is 0 Å².